The topological polar surface area (TPSA) is 50.2 Å². The molecule has 2 aromatic rings. The summed E-state index contributed by atoms with van der Waals surface area (Å²) in [5.41, 5.74) is 1.23. The van der Waals surface area contributed by atoms with Gasteiger partial charge in [-0.25, -0.2) is 8.78 Å². The van der Waals surface area contributed by atoms with Crippen molar-refractivity contribution in [1.82, 2.24) is 20.0 Å². The first kappa shape index (κ1) is 17.5. The second-order valence-corrected chi connectivity index (χ2v) is 6.26. The summed E-state index contributed by atoms with van der Waals surface area (Å²) in [4.78, 5) is 14.4. The number of rotatable bonds is 6. The molecule has 0 atom stereocenters. The van der Waals surface area contributed by atoms with Gasteiger partial charge in [0.25, 0.3) is 5.91 Å². The van der Waals surface area contributed by atoms with Gasteiger partial charge in [0.05, 0.1) is 24.5 Å². The Bertz CT molecular complexity index is 739. The van der Waals surface area contributed by atoms with Gasteiger partial charge in [0.1, 0.15) is 17.2 Å². The number of carbonyl (C=O) groups excluding carboxylic acids is 1. The average Bonchev–Trinajstić information content (AvgIpc) is 3.00. The first-order valence-corrected chi connectivity index (χ1v) is 8.58. The van der Waals surface area contributed by atoms with Gasteiger partial charge < -0.3 is 5.32 Å². The van der Waals surface area contributed by atoms with E-state index in [9.17, 15) is 13.6 Å². The molecule has 25 heavy (non-hydrogen) atoms. The van der Waals surface area contributed by atoms with Crippen molar-refractivity contribution in [3.63, 3.8) is 0 Å². The van der Waals surface area contributed by atoms with Crippen LogP contribution in [-0.4, -0.2) is 33.7 Å². The normalized spacial score (nSPS) is 14.4. The van der Waals surface area contributed by atoms with E-state index in [0.29, 0.717) is 5.69 Å². The van der Waals surface area contributed by atoms with Crippen LogP contribution in [-0.2, 0) is 19.6 Å². The van der Waals surface area contributed by atoms with E-state index in [0.717, 1.165) is 44.0 Å². The third-order valence-corrected chi connectivity index (χ3v) is 4.38. The SMILES string of the molecule is CCCCN1CCn2nc(CNC(=O)c3c(F)cccc3F)cc2C1. The molecule has 3 rings (SSSR count). The molecule has 5 nitrogen and oxygen atoms in total. The molecular weight excluding hydrogens is 326 g/mol. The number of carbonyl (C=O) groups is 1. The standard InChI is InChI=1S/C18H22F2N4O/c1-2-3-7-23-8-9-24-14(12-23)10-13(22-24)11-21-18(25)17-15(19)5-4-6-16(17)20/h4-6,10H,2-3,7-9,11-12H2,1H3,(H,21,25). The quantitative estimate of drug-likeness (QED) is 0.873. The van der Waals surface area contributed by atoms with Crippen molar-refractivity contribution >= 4 is 5.91 Å². The molecule has 7 heteroatoms. The number of benzene rings is 1. The minimum absolute atomic E-state index is 0.140. The molecule has 0 spiro atoms. The number of unbranched alkanes of at least 4 members (excludes halogenated alkanes) is 1. The summed E-state index contributed by atoms with van der Waals surface area (Å²) < 4.78 is 29.2. The van der Waals surface area contributed by atoms with Crippen molar-refractivity contribution in [2.75, 3.05) is 13.1 Å². The molecule has 1 aliphatic rings. The Labute approximate surface area is 145 Å². The van der Waals surface area contributed by atoms with E-state index in [1.165, 1.54) is 18.9 Å². The summed E-state index contributed by atoms with van der Waals surface area (Å²) in [5.74, 6) is -2.51. The summed E-state index contributed by atoms with van der Waals surface area (Å²) in [6.07, 6.45) is 2.34. The summed E-state index contributed by atoms with van der Waals surface area (Å²) in [5, 5.41) is 7.01. The van der Waals surface area contributed by atoms with Crippen LogP contribution < -0.4 is 5.32 Å². The molecule has 1 aromatic heterocycles. The minimum Gasteiger partial charge on any atom is -0.346 e. The molecule has 1 amide bonds. The van der Waals surface area contributed by atoms with Crippen LogP contribution in [0.5, 0.6) is 0 Å². The van der Waals surface area contributed by atoms with E-state index in [-0.39, 0.29) is 6.54 Å². The second-order valence-electron chi connectivity index (χ2n) is 6.26. The van der Waals surface area contributed by atoms with Gasteiger partial charge in [-0.05, 0) is 31.2 Å². The van der Waals surface area contributed by atoms with Crippen molar-refractivity contribution in [1.29, 1.82) is 0 Å². The van der Waals surface area contributed by atoms with Crippen LogP contribution >= 0.6 is 0 Å². The number of hydrogen-bond acceptors (Lipinski definition) is 3. The van der Waals surface area contributed by atoms with Gasteiger partial charge in [-0.1, -0.05) is 19.4 Å². The van der Waals surface area contributed by atoms with Gasteiger partial charge in [-0.15, -0.1) is 0 Å². The smallest absolute Gasteiger partial charge is 0.257 e. The van der Waals surface area contributed by atoms with Gasteiger partial charge in [-0.2, -0.15) is 5.10 Å². The van der Waals surface area contributed by atoms with Crippen LogP contribution in [0.2, 0.25) is 0 Å². The zero-order valence-corrected chi connectivity index (χ0v) is 14.3. The molecule has 1 aliphatic heterocycles. The van der Waals surface area contributed by atoms with Crippen molar-refractivity contribution in [3.8, 4) is 0 Å². The first-order chi connectivity index (χ1) is 12.1. The fraction of sp³-hybridized carbons (Fsp3) is 0.444. The number of fused-ring (bicyclic) bond motifs is 1. The maximum absolute atomic E-state index is 13.6. The largest absolute Gasteiger partial charge is 0.346 e. The molecule has 0 radical (unpaired) electrons. The Morgan fingerprint density at radius 2 is 2.04 bits per heavy atom. The molecular formula is C18H22F2N4O. The van der Waals surface area contributed by atoms with E-state index in [2.05, 4.69) is 22.2 Å². The van der Waals surface area contributed by atoms with E-state index < -0.39 is 23.1 Å². The highest BCUT2D eigenvalue weighted by atomic mass is 19.1. The molecule has 1 N–H and O–H groups in total. The number of nitrogens with zero attached hydrogens (tertiary/aromatic N) is 3. The summed E-state index contributed by atoms with van der Waals surface area (Å²) >= 11 is 0. The number of nitrogens with one attached hydrogen (secondary N) is 1. The van der Waals surface area contributed by atoms with Crippen LogP contribution in [0.4, 0.5) is 8.78 Å². The highest BCUT2D eigenvalue weighted by Gasteiger charge is 2.20. The number of hydrogen-bond donors (Lipinski definition) is 1. The average molecular weight is 348 g/mol. The summed E-state index contributed by atoms with van der Waals surface area (Å²) in [7, 11) is 0. The Kier molecular flexibility index (Phi) is 5.43. The predicted octanol–water partition coefficient (Wildman–Crippen LogP) is 2.71. The monoisotopic (exact) mass is 348 g/mol. The predicted molar refractivity (Wildman–Crippen MR) is 89.9 cm³/mol. The van der Waals surface area contributed by atoms with Crippen molar-refractivity contribution in [2.45, 2.75) is 39.4 Å². The van der Waals surface area contributed by atoms with Crippen LogP contribution in [0.15, 0.2) is 24.3 Å². The van der Waals surface area contributed by atoms with E-state index >= 15 is 0 Å². The van der Waals surface area contributed by atoms with Crippen LogP contribution in [0.3, 0.4) is 0 Å². The lowest BCUT2D eigenvalue weighted by Gasteiger charge is -2.27. The van der Waals surface area contributed by atoms with Gasteiger partial charge in [0.15, 0.2) is 0 Å². The van der Waals surface area contributed by atoms with E-state index in [1.54, 1.807) is 0 Å². The molecule has 0 unspecified atom stereocenters. The van der Waals surface area contributed by atoms with Crippen molar-refractivity contribution < 1.29 is 13.6 Å². The van der Waals surface area contributed by atoms with Crippen molar-refractivity contribution in [2.24, 2.45) is 0 Å². The maximum Gasteiger partial charge on any atom is 0.257 e. The highest BCUT2D eigenvalue weighted by molar-refractivity contribution is 5.94. The van der Waals surface area contributed by atoms with Gasteiger partial charge in [0, 0.05) is 13.1 Å². The first-order valence-electron chi connectivity index (χ1n) is 8.58. The lowest BCUT2D eigenvalue weighted by molar-refractivity contribution is 0.0942. The lowest BCUT2D eigenvalue weighted by Crippen LogP contribution is -2.34. The van der Waals surface area contributed by atoms with Crippen molar-refractivity contribution in [3.05, 3.63) is 52.9 Å². The number of amides is 1. The molecule has 2 heterocycles. The maximum atomic E-state index is 13.6. The molecule has 0 fully saturated rings. The Morgan fingerprint density at radius 1 is 1.28 bits per heavy atom. The fourth-order valence-electron chi connectivity index (χ4n) is 3.01. The van der Waals surface area contributed by atoms with Gasteiger partial charge in [-0.3, -0.25) is 14.4 Å². The number of halogens is 2. The molecule has 0 saturated carbocycles. The summed E-state index contributed by atoms with van der Waals surface area (Å²) in [6, 6.07) is 5.31. The number of aromatic nitrogens is 2. The summed E-state index contributed by atoms with van der Waals surface area (Å²) in [6.45, 7) is 5.99. The molecule has 134 valence electrons. The van der Waals surface area contributed by atoms with Crippen LogP contribution in [0, 0.1) is 11.6 Å². The Hall–Kier alpha value is -2.28. The van der Waals surface area contributed by atoms with Crippen LogP contribution in [0.1, 0.15) is 41.5 Å². The molecule has 0 bridgehead atoms. The molecule has 0 saturated heterocycles. The Morgan fingerprint density at radius 3 is 2.76 bits per heavy atom. The fourth-order valence-corrected chi connectivity index (χ4v) is 3.01. The van der Waals surface area contributed by atoms with E-state index in [4.69, 9.17) is 0 Å². The van der Waals surface area contributed by atoms with Gasteiger partial charge in [0.2, 0.25) is 0 Å². The lowest BCUT2D eigenvalue weighted by atomic mass is 10.2. The minimum atomic E-state index is -0.867. The zero-order chi connectivity index (χ0) is 17.8. The van der Waals surface area contributed by atoms with Crippen LogP contribution in [0.25, 0.3) is 0 Å². The third kappa shape index (κ3) is 4.04. The Balaban J connectivity index is 1.62. The second kappa shape index (κ2) is 7.74. The highest BCUT2D eigenvalue weighted by Crippen LogP contribution is 2.15. The zero-order valence-electron chi connectivity index (χ0n) is 14.3. The van der Waals surface area contributed by atoms with Gasteiger partial charge >= 0.3 is 0 Å². The van der Waals surface area contributed by atoms with E-state index in [1.807, 2.05) is 10.7 Å². The molecule has 1 aromatic carbocycles. The molecule has 0 aliphatic carbocycles. The third-order valence-electron chi connectivity index (χ3n) is 4.38.